The number of hydrogen-bond donors (Lipinski definition) is 2. The number of nitrogens with zero attached hydrogens (tertiary/aromatic N) is 2. The molecule has 1 saturated heterocycles. The van der Waals surface area contributed by atoms with Gasteiger partial charge in [-0.15, -0.1) is 0 Å². The quantitative estimate of drug-likeness (QED) is 0.232. The van der Waals surface area contributed by atoms with E-state index in [9.17, 15) is 19.7 Å². The zero-order chi connectivity index (χ0) is 16.4. The van der Waals surface area contributed by atoms with E-state index in [1.807, 2.05) is 0 Å². The second-order valence-electron chi connectivity index (χ2n) is 4.65. The molecule has 3 rings (SSSR count). The molecule has 118 valence electrons. The number of hydrogen-bond acceptors (Lipinski definition) is 6. The van der Waals surface area contributed by atoms with Crippen LogP contribution in [0.2, 0.25) is 0 Å². The third kappa shape index (κ3) is 3.88. The number of aliphatic imine (C=N–C) groups is 1. The molecule has 24 heavy (non-hydrogen) atoms. The van der Waals surface area contributed by atoms with Crippen molar-refractivity contribution >= 4 is 23.8 Å². The average Bonchev–Trinajstić information content (AvgIpc) is 3.11. The van der Waals surface area contributed by atoms with Crippen LogP contribution in [0.4, 0.5) is 10.5 Å². The number of nitro benzene ring substituents is 1. The van der Waals surface area contributed by atoms with Crippen molar-refractivity contribution in [2.45, 2.75) is 6.17 Å². The second-order valence-corrected chi connectivity index (χ2v) is 4.65. The minimum absolute atomic E-state index is 0. The fourth-order valence-corrected chi connectivity index (χ4v) is 1.98. The van der Waals surface area contributed by atoms with E-state index in [1.165, 1.54) is 18.3 Å². The van der Waals surface area contributed by atoms with Crippen LogP contribution in [0.5, 0.6) is 0 Å². The summed E-state index contributed by atoms with van der Waals surface area (Å²) in [5, 5.41) is 15.0. The van der Waals surface area contributed by atoms with Gasteiger partial charge in [0.1, 0.15) is 11.5 Å². The molecule has 0 saturated carbocycles. The first-order valence-corrected chi connectivity index (χ1v) is 6.52. The van der Waals surface area contributed by atoms with Gasteiger partial charge in [0.25, 0.3) is 11.6 Å². The zero-order valence-corrected chi connectivity index (χ0v) is 14.6. The van der Waals surface area contributed by atoms with Crippen LogP contribution in [0.3, 0.4) is 0 Å². The zero-order valence-electron chi connectivity index (χ0n) is 13.6. The Balaban J connectivity index is 0.00000156. The monoisotopic (exact) mass is 338 g/mol. The van der Waals surface area contributed by atoms with Gasteiger partial charge in [0.2, 0.25) is 6.17 Å². The van der Waals surface area contributed by atoms with Crippen molar-refractivity contribution in [3.8, 4) is 11.3 Å². The summed E-state index contributed by atoms with van der Waals surface area (Å²) < 4.78 is 5.53. The maximum Gasteiger partial charge on any atom is 1.00 e. The Morgan fingerprint density at radius 3 is 2.50 bits per heavy atom. The van der Waals surface area contributed by atoms with Crippen LogP contribution >= 0.6 is 0 Å². The second kappa shape index (κ2) is 7.39. The maximum atomic E-state index is 11.3. The van der Waals surface area contributed by atoms with Gasteiger partial charge in [-0.25, -0.2) is 4.79 Å². The molecular weight excluding hydrogens is 327 g/mol. The van der Waals surface area contributed by atoms with Crippen molar-refractivity contribution in [1.29, 1.82) is 0 Å². The summed E-state index contributed by atoms with van der Waals surface area (Å²) >= 11 is 0. The third-order valence-corrected chi connectivity index (χ3v) is 3.09. The first kappa shape index (κ1) is 17.9. The number of rotatable bonds is 4. The van der Waals surface area contributed by atoms with Crippen LogP contribution in [0.15, 0.2) is 45.8 Å². The first-order valence-electron chi connectivity index (χ1n) is 6.52. The van der Waals surface area contributed by atoms with Gasteiger partial charge in [-0.2, -0.15) is 0 Å². The predicted molar refractivity (Wildman–Crippen MR) is 80.0 cm³/mol. The molecule has 1 aromatic heterocycles. The molecule has 1 aromatic carbocycles. The molecule has 1 atom stereocenters. The number of nitrogens with one attached hydrogen (secondary N) is 2. The number of nitro groups is 1. The molecule has 1 aliphatic heterocycles. The number of urea groups is 1. The Bertz CT molecular complexity index is 821. The van der Waals surface area contributed by atoms with E-state index in [0.717, 1.165) is 0 Å². The number of amides is 3. The molecule has 2 aromatic rings. The SMILES string of the molecule is O=C1NC(=O)C(N=Cc2ccc(-c3ccc([N+](=O)[O-])cc3)o2)N1.[H-].[Na+]. The van der Waals surface area contributed by atoms with Crippen molar-refractivity contribution in [3.05, 3.63) is 52.3 Å². The van der Waals surface area contributed by atoms with Gasteiger partial charge >= 0.3 is 35.6 Å². The van der Waals surface area contributed by atoms with Crippen LogP contribution in [0, 0.1) is 10.1 Å². The van der Waals surface area contributed by atoms with Gasteiger partial charge in [-0.05, 0) is 24.3 Å². The van der Waals surface area contributed by atoms with Gasteiger partial charge in [0.15, 0.2) is 0 Å². The fourth-order valence-electron chi connectivity index (χ4n) is 1.98. The van der Waals surface area contributed by atoms with Gasteiger partial charge in [-0.3, -0.25) is 25.2 Å². The predicted octanol–water partition coefficient (Wildman–Crippen LogP) is -1.44. The van der Waals surface area contributed by atoms with E-state index in [2.05, 4.69) is 15.6 Å². The van der Waals surface area contributed by atoms with Crippen LogP contribution < -0.4 is 40.2 Å². The fraction of sp³-hybridized carbons (Fsp3) is 0.0714. The molecular formula is C14H11N4NaO5. The Hall–Kier alpha value is -2.49. The van der Waals surface area contributed by atoms with Crippen LogP contribution in [0.25, 0.3) is 11.3 Å². The molecule has 2 heterocycles. The van der Waals surface area contributed by atoms with Gasteiger partial charge in [-0.1, -0.05) is 0 Å². The Kier molecular flexibility index (Phi) is 5.50. The molecule has 1 unspecified atom stereocenters. The Morgan fingerprint density at radius 1 is 1.21 bits per heavy atom. The van der Waals surface area contributed by atoms with Crippen LogP contribution in [0.1, 0.15) is 7.19 Å². The number of carbonyl (C=O) groups excluding carboxylic acids is 2. The van der Waals surface area contributed by atoms with E-state index < -0.39 is 23.0 Å². The largest absolute Gasteiger partial charge is 1.00 e. The molecule has 0 aliphatic carbocycles. The van der Waals surface area contributed by atoms with Crippen molar-refractivity contribution in [1.82, 2.24) is 10.6 Å². The normalized spacial score (nSPS) is 16.6. The van der Waals surface area contributed by atoms with Crippen molar-refractivity contribution in [3.63, 3.8) is 0 Å². The number of benzene rings is 1. The third-order valence-electron chi connectivity index (χ3n) is 3.09. The summed E-state index contributed by atoms with van der Waals surface area (Å²) in [6.07, 6.45) is 0.348. The summed E-state index contributed by atoms with van der Waals surface area (Å²) in [5.74, 6) is 0.349. The number of non-ortho nitro benzene ring substituents is 1. The maximum absolute atomic E-state index is 11.3. The number of carbonyl (C=O) groups is 2. The average molecular weight is 338 g/mol. The van der Waals surface area contributed by atoms with E-state index in [1.54, 1.807) is 24.3 Å². The van der Waals surface area contributed by atoms with Gasteiger partial charge in [0.05, 0.1) is 11.1 Å². The molecule has 0 spiro atoms. The minimum Gasteiger partial charge on any atom is -1.00 e. The van der Waals surface area contributed by atoms with E-state index in [0.29, 0.717) is 17.1 Å². The molecule has 0 bridgehead atoms. The smallest absolute Gasteiger partial charge is 1.00 e. The Morgan fingerprint density at radius 2 is 1.92 bits per heavy atom. The van der Waals surface area contributed by atoms with Gasteiger partial charge in [0, 0.05) is 17.7 Å². The molecule has 10 heteroatoms. The number of furan rings is 1. The van der Waals surface area contributed by atoms with Crippen molar-refractivity contribution in [2.75, 3.05) is 0 Å². The van der Waals surface area contributed by atoms with E-state index >= 15 is 0 Å². The molecule has 9 nitrogen and oxygen atoms in total. The summed E-state index contributed by atoms with van der Waals surface area (Å²) in [6, 6.07) is 8.62. The van der Waals surface area contributed by atoms with Crippen LogP contribution in [-0.4, -0.2) is 29.2 Å². The number of imide groups is 1. The Labute approximate surface area is 159 Å². The molecule has 3 amide bonds. The molecule has 2 N–H and O–H groups in total. The molecule has 1 fully saturated rings. The molecule has 0 radical (unpaired) electrons. The summed E-state index contributed by atoms with van der Waals surface area (Å²) in [6.45, 7) is 0. The van der Waals surface area contributed by atoms with Crippen molar-refractivity contribution in [2.24, 2.45) is 4.99 Å². The standard InChI is InChI=1S/C14H10N4O5.Na.H/c19-13-12(16-14(20)17-13)15-7-10-5-6-11(23-10)8-1-3-9(4-2-8)18(21)22;;/h1-7,12H,(H2,16,17,19,20);;/q;+1;-1. The topological polar surface area (TPSA) is 127 Å². The van der Waals surface area contributed by atoms with E-state index in [4.69, 9.17) is 4.42 Å². The van der Waals surface area contributed by atoms with Crippen molar-refractivity contribution < 1.29 is 49.9 Å². The minimum atomic E-state index is -0.976. The van der Waals surface area contributed by atoms with Crippen LogP contribution in [-0.2, 0) is 4.79 Å². The van der Waals surface area contributed by atoms with E-state index in [-0.39, 0.29) is 36.7 Å². The summed E-state index contributed by atoms with van der Waals surface area (Å²) in [7, 11) is 0. The molecule has 1 aliphatic rings. The van der Waals surface area contributed by atoms with Gasteiger partial charge < -0.3 is 11.2 Å². The summed E-state index contributed by atoms with van der Waals surface area (Å²) in [4.78, 5) is 36.3. The summed E-state index contributed by atoms with van der Waals surface area (Å²) in [5.41, 5.74) is 0.659. The first-order chi connectivity index (χ1) is 11.0.